The Balaban J connectivity index is 1.45. The van der Waals surface area contributed by atoms with Gasteiger partial charge in [-0.05, 0) is 55.7 Å². The Morgan fingerprint density at radius 2 is 1.77 bits per heavy atom. The number of hydrogen-bond donors (Lipinski definition) is 0. The Labute approximate surface area is 190 Å². The van der Waals surface area contributed by atoms with Gasteiger partial charge >= 0.3 is 0 Å². The van der Waals surface area contributed by atoms with E-state index in [1.165, 1.54) is 6.42 Å². The van der Waals surface area contributed by atoms with E-state index in [2.05, 4.69) is 15.9 Å². The second-order valence-corrected chi connectivity index (χ2v) is 9.28. The first-order valence-corrected chi connectivity index (χ1v) is 11.7. The van der Waals surface area contributed by atoms with Crippen LogP contribution >= 0.6 is 15.9 Å². The third-order valence-corrected chi connectivity index (χ3v) is 6.84. The van der Waals surface area contributed by atoms with Crippen LogP contribution in [0.4, 0.5) is 5.69 Å². The molecule has 160 valence electrons. The molecule has 2 aliphatic rings. The molecule has 2 amide bonds. The maximum Gasteiger partial charge on any atom is 0.242 e. The molecule has 1 atom stereocenters. The number of amides is 2. The van der Waals surface area contributed by atoms with Gasteiger partial charge in [0.2, 0.25) is 11.8 Å². The van der Waals surface area contributed by atoms with Crippen molar-refractivity contribution in [2.75, 3.05) is 24.5 Å². The second kappa shape index (κ2) is 8.46. The number of rotatable bonds is 4. The fraction of sp³-hybridized carbons (Fsp3) is 0.375. The van der Waals surface area contributed by atoms with Crippen molar-refractivity contribution in [3.05, 3.63) is 58.8 Å². The third-order valence-electron chi connectivity index (χ3n) is 6.31. The maximum absolute atomic E-state index is 13.1. The molecule has 2 fully saturated rings. The number of piperidine rings is 1. The van der Waals surface area contributed by atoms with E-state index in [1.54, 1.807) is 0 Å². The summed E-state index contributed by atoms with van der Waals surface area (Å²) in [6, 6.07) is 15.7. The Bertz CT molecular complexity index is 1120. The number of hydrogen-bond acceptors (Lipinski definition) is 3. The van der Waals surface area contributed by atoms with Gasteiger partial charge in [-0.2, -0.15) is 0 Å². The molecule has 2 saturated heterocycles. The number of carbonyl (C=O) groups excluding carboxylic acids is 2. The molecule has 1 unspecified atom stereocenters. The molecule has 3 heterocycles. The van der Waals surface area contributed by atoms with Crippen molar-refractivity contribution >= 4 is 44.5 Å². The van der Waals surface area contributed by atoms with Crippen LogP contribution in [0.1, 0.15) is 37.4 Å². The number of carbonyl (C=O) groups is 2. The van der Waals surface area contributed by atoms with Crippen molar-refractivity contribution < 1.29 is 9.59 Å². The molecule has 5 rings (SSSR count). The average molecular weight is 481 g/mol. The summed E-state index contributed by atoms with van der Waals surface area (Å²) in [5.41, 5.74) is 2.72. The van der Waals surface area contributed by atoms with Crippen molar-refractivity contribution in [1.29, 1.82) is 0 Å². The van der Waals surface area contributed by atoms with Gasteiger partial charge in [-0.15, -0.1) is 0 Å². The zero-order valence-corrected chi connectivity index (χ0v) is 18.9. The van der Waals surface area contributed by atoms with Crippen LogP contribution in [0.25, 0.3) is 11.0 Å². The number of nitrogens with zero attached hydrogens (tertiary/aromatic N) is 4. The Kier molecular flexibility index (Phi) is 5.52. The molecule has 31 heavy (non-hydrogen) atoms. The lowest BCUT2D eigenvalue weighted by atomic mass is 10.1. The smallest absolute Gasteiger partial charge is 0.242 e. The average Bonchev–Trinajstić information content (AvgIpc) is 3.35. The quantitative estimate of drug-likeness (QED) is 0.558. The molecular formula is C24H25BrN4O2. The number of fused-ring (bicyclic) bond motifs is 1. The molecule has 0 N–H and O–H groups in total. The lowest BCUT2D eigenvalue weighted by Crippen LogP contribution is -2.38. The molecule has 0 aliphatic carbocycles. The molecule has 0 spiro atoms. The van der Waals surface area contributed by atoms with Gasteiger partial charge in [0, 0.05) is 42.1 Å². The molecule has 2 aromatic carbocycles. The summed E-state index contributed by atoms with van der Waals surface area (Å²) in [7, 11) is 0. The van der Waals surface area contributed by atoms with Crippen molar-refractivity contribution in [3.63, 3.8) is 0 Å². The van der Waals surface area contributed by atoms with Crippen LogP contribution in [0.2, 0.25) is 0 Å². The van der Waals surface area contributed by atoms with Gasteiger partial charge in [0.25, 0.3) is 0 Å². The van der Waals surface area contributed by atoms with E-state index in [0.717, 1.165) is 52.9 Å². The number of benzene rings is 2. The first kappa shape index (κ1) is 20.2. The Morgan fingerprint density at radius 1 is 1.03 bits per heavy atom. The summed E-state index contributed by atoms with van der Waals surface area (Å²) >= 11 is 3.45. The van der Waals surface area contributed by atoms with E-state index in [0.29, 0.717) is 13.0 Å². The van der Waals surface area contributed by atoms with Gasteiger partial charge in [0.15, 0.2) is 0 Å². The first-order valence-electron chi connectivity index (χ1n) is 10.9. The number of anilines is 1. The molecule has 7 heteroatoms. The molecular weight excluding hydrogens is 456 g/mol. The van der Waals surface area contributed by atoms with Crippen molar-refractivity contribution in [2.24, 2.45) is 0 Å². The molecule has 0 radical (unpaired) electrons. The molecule has 1 aromatic heterocycles. The number of halogens is 1. The van der Waals surface area contributed by atoms with E-state index in [1.807, 2.05) is 62.9 Å². The van der Waals surface area contributed by atoms with E-state index in [9.17, 15) is 9.59 Å². The largest absolute Gasteiger partial charge is 0.341 e. The highest BCUT2D eigenvalue weighted by molar-refractivity contribution is 9.10. The first-order chi connectivity index (χ1) is 15.1. The van der Waals surface area contributed by atoms with Gasteiger partial charge in [-0.3, -0.25) is 9.59 Å². The van der Waals surface area contributed by atoms with Crippen LogP contribution in [-0.4, -0.2) is 45.9 Å². The van der Waals surface area contributed by atoms with Gasteiger partial charge in [0.1, 0.15) is 12.4 Å². The zero-order valence-electron chi connectivity index (χ0n) is 17.3. The van der Waals surface area contributed by atoms with E-state index < -0.39 is 0 Å². The minimum atomic E-state index is -0.0438. The molecule has 2 aliphatic heterocycles. The monoisotopic (exact) mass is 480 g/mol. The highest BCUT2D eigenvalue weighted by atomic mass is 79.9. The predicted octanol–water partition coefficient (Wildman–Crippen LogP) is 4.33. The van der Waals surface area contributed by atoms with Crippen molar-refractivity contribution in [1.82, 2.24) is 14.5 Å². The number of imidazole rings is 1. The van der Waals surface area contributed by atoms with Crippen LogP contribution in [-0.2, 0) is 16.1 Å². The van der Waals surface area contributed by atoms with Gasteiger partial charge in [0.05, 0.1) is 11.0 Å². The standard InChI is InChI=1S/C24H25BrN4O2/c25-18-8-10-19(11-9-18)28-15-17(14-22(28)30)24-26-20-6-2-3-7-21(20)29(24)16-23(31)27-12-4-1-5-13-27/h2-3,6-11,17H,1,4-5,12-16H2. The zero-order chi connectivity index (χ0) is 21.4. The summed E-state index contributed by atoms with van der Waals surface area (Å²) in [4.78, 5) is 34.6. The minimum absolute atomic E-state index is 0.0438. The SMILES string of the molecule is O=C(Cn1c(C2CC(=O)N(c3ccc(Br)cc3)C2)nc2ccccc21)N1CCCCC1. The summed E-state index contributed by atoms with van der Waals surface area (Å²) < 4.78 is 3.02. The topological polar surface area (TPSA) is 58.4 Å². The van der Waals surface area contributed by atoms with Crippen LogP contribution in [0, 0.1) is 0 Å². The van der Waals surface area contributed by atoms with Gasteiger partial charge < -0.3 is 14.4 Å². The highest BCUT2D eigenvalue weighted by Crippen LogP contribution is 2.33. The van der Waals surface area contributed by atoms with Crippen molar-refractivity contribution in [3.8, 4) is 0 Å². The Hall–Kier alpha value is -2.67. The fourth-order valence-corrected chi connectivity index (χ4v) is 4.97. The van der Waals surface area contributed by atoms with E-state index in [4.69, 9.17) is 4.98 Å². The summed E-state index contributed by atoms with van der Waals surface area (Å²) in [6.45, 7) is 2.51. The van der Waals surface area contributed by atoms with Crippen molar-refractivity contribution in [2.45, 2.75) is 38.1 Å². The normalized spacial score (nSPS) is 19.4. The minimum Gasteiger partial charge on any atom is -0.341 e. The number of para-hydroxylation sites is 2. The lowest BCUT2D eigenvalue weighted by Gasteiger charge is -2.27. The fourth-order valence-electron chi connectivity index (χ4n) is 4.70. The van der Waals surface area contributed by atoms with Crippen LogP contribution in [0.15, 0.2) is 53.0 Å². The highest BCUT2D eigenvalue weighted by Gasteiger charge is 2.35. The van der Waals surface area contributed by atoms with Crippen LogP contribution in [0.3, 0.4) is 0 Å². The number of likely N-dealkylation sites (tertiary alicyclic amines) is 1. The third kappa shape index (κ3) is 3.99. The number of aromatic nitrogens is 2. The van der Waals surface area contributed by atoms with Gasteiger partial charge in [-0.1, -0.05) is 28.1 Å². The predicted molar refractivity (Wildman–Crippen MR) is 124 cm³/mol. The molecule has 3 aromatic rings. The van der Waals surface area contributed by atoms with Crippen LogP contribution < -0.4 is 4.90 Å². The molecule has 6 nitrogen and oxygen atoms in total. The van der Waals surface area contributed by atoms with Gasteiger partial charge in [-0.25, -0.2) is 4.98 Å². The molecule has 0 saturated carbocycles. The Morgan fingerprint density at radius 3 is 2.55 bits per heavy atom. The second-order valence-electron chi connectivity index (χ2n) is 8.37. The summed E-state index contributed by atoms with van der Waals surface area (Å²) in [5, 5.41) is 0. The summed E-state index contributed by atoms with van der Waals surface area (Å²) in [6.07, 6.45) is 3.74. The molecule has 0 bridgehead atoms. The van der Waals surface area contributed by atoms with Crippen LogP contribution in [0.5, 0.6) is 0 Å². The lowest BCUT2D eigenvalue weighted by molar-refractivity contribution is -0.132. The van der Waals surface area contributed by atoms with E-state index in [-0.39, 0.29) is 24.3 Å². The summed E-state index contributed by atoms with van der Waals surface area (Å²) in [5.74, 6) is 1.02. The maximum atomic E-state index is 13.1. The van der Waals surface area contributed by atoms with E-state index >= 15 is 0 Å².